The van der Waals surface area contributed by atoms with Crippen LogP contribution in [-0.4, -0.2) is 35.4 Å². The molecule has 1 saturated heterocycles. The van der Waals surface area contributed by atoms with Crippen molar-refractivity contribution >= 4 is 22.3 Å². The second-order valence-electron chi connectivity index (χ2n) is 8.99. The summed E-state index contributed by atoms with van der Waals surface area (Å²) in [6.07, 6.45) is -2.02. The van der Waals surface area contributed by atoms with Crippen molar-refractivity contribution in [1.29, 1.82) is 0 Å². The highest BCUT2D eigenvalue weighted by atomic mass is 19.3. The molecule has 2 N–H and O–H groups in total. The zero-order valence-electron chi connectivity index (χ0n) is 19.3. The van der Waals surface area contributed by atoms with Crippen molar-refractivity contribution in [2.45, 2.75) is 51.9 Å². The molecule has 0 saturated carbocycles. The van der Waals surface area contributed by atoms with Gasteiger partial charge in [0.05, 0.1) is 22.4 Å². The molecule has 3 aromatic rings. The Morgan fingerprint density at radius 3 is 2.51 bits per heavy atom. The van der Waals surface area contributed by atoms with E-state index < -0.39 is 30.0 Å². The maximum absolute atomic E-state index is 14.5. The van der Waals surface area contributed by atoms with E-state index in [2.05, 4.69) is 10.3 Å². The maximum atomic E-state index is 14.5. The number of rotatable bonds is 7. The fraction of sp³-hybridized carbons (Fsp3) is 0.400. The number of fused-ring (bicyclic) bond motifs is 1. The Bertz CT molecular complexity index is 1210. The Balaban J connectivity index is 1.72. The number of benzene rings is 2. The van der Waals surface area contributed by atoms with E-state index in [4.69, 9.17) is 4.74 Å². The maximum Gasteiger partial charge on any atom is 0.387 e. The van der Waals surface area contributed by atoms with E-state index in [1.807, 2.05) is 4.90 Å². The molecule has 1 aliphatic heterocycles. The zero-order chi connectivity index (χ0) is 25.3. The number of aliphatic hydroxyl groups is 1. The quantitative estimate of drug-likeness (QED) is 0.383. The van der Waals surface area contributed by atoms with Crippen LogP contribution >= 0.6 is 0 Å². The van der Waals surface area contributed by atoms with Gasteiger partial charge in [-0.1, -0.05) is 18.2 Å². The molecule has 1 fully saturated rings. The number of hydrogen-bond donors (Lipinski definition) is 2. The Kier molecular flexibility index (Phi) is 7.02. The summed E-state index contributed by atoms with van der Waals surface area (Å²) in [4.78, 5) is 6.29. The van der Waals surface area contributed by atoms with E-state index in [9.17, 15) is 27.1 Å². The Morgan fingerprint density at radius 1 is 1.14 bits per heavy atom. The number of nitrogens with one attached hydrogen (secondary N) is 1. The second kappa shape index (κ2) is 9.85. The number of hydrogen-bond acceptors (Lipinski definition) is 5. The average Bonchev–Trinajstić information content (AvgIpc) is 2.77. The fourth-order valence-corrected chi connectivity index (χ4v) is 4.28. The van der Waals surface area contributed by atoms with Crippen LogP contribution in [0.5, 0.6) is 5.75 Å². The molecule has 10 heteroatoms. The van der Waals surface area contributed by atoms with Gasteiger partial charge in [0.1, 0.15) is 5.82 Å². The molecule has 0 atom stereocenters. The summed E-state index contributed by atoms with van der Waals surface area (Å²) in [6, 6.07) is 8.66. The van der Waals surface area contributed by atoms with Gasteiger partial charge in [0.2, 0.25) is 0 Å². The fourth-order valence-electron chi connectivity index (χ4n) is 4.28. The summed E-state index contributed by atoms with van der Waals surface area (Å²) in [5.41, 5.74) is 0.498. The van der Waals surface area contributed by atoms with E-state index in [1.54, 1.807) is 26.0 Å². The molecular formula is C25H26F5N3O2. The van der Waals surface area contributed by atoms with E-state index >= 15 is 0 Å². The number of anilines is 2. The third-order valence-electron chi connectivity index (χ3n) is 6.23. The third kappa shape index (κ3) is 5.58. The van der Waals surface area contributed by atoms with Crippen LogP contribution in [0.1, 0.15) is 43.0 Å². The van der Waals surface area contributed by atoms with Crippen molar-refractivity contribution in [1.82, 2.24) is 4.98 Å². The first kappa shape index (κ1) is 25.0. The molecule has 188 valence electrons. The van der Waals surface area contributed by atoms with Crippen LogP contribution < -0.4 is 15.0 Å². The van der Waals surface area contributed by atoms with E-state index in [0.717, 1.165) is 6.07 Å². The monoisotopic (exact) mass is 495 g/mol. The second-order valence-corrected chi connectivity index (χ2v) is 8.99. The van der Waals surface area contributed by atoms with Gasteiger partial charge in [-0.3, -0.25) is 4.98 Å². The highest BCUT2D eigenvalue weighted by molar-refractivity contribution is 5.96. The van der Waals surface area contributed by atoms with Gasteiger partial charge >= 0.3 is 6.61 Å². The van der Waals surface area contributed by atoms with Crippen molar-refractivity contribution in [2.24, 2.45) is 0 Å². The van der Waals surface area contributed by atoms with Crippen LogP contribution in [0.2, 0.25) is 0 Å². The normalized spacial score (nSPS) is 15.8. The van der Waals surface area contributed by atoms with Gasteiger partial charge in [0, 0.05) is 48.0 Å². The van der Waals surface area contributed by atoms with Crippen molar-refractivity contribution in [3.63, 3.8) is 0 Å². The molecule has 1 aromatic heterocycles. The Labute approximate surface area is 199 Å². The lowest BCUT2D eigenvalue weighted by atomic mass is 9.93. The topological polar surface area (TPSA) is 57.6 Å². The van der Waals surface area contributed by atoms with Crippen LogP contribution in [0, 0.1) is 12.7 Å². The number of alkyl halides is 4. The number of pyridine rings is 1. The standard InChI is InChI=1S/C25H26F5N3O2/c1-14-10-18(31-13-15-4-3-5-16(22(15)26)23(27)28)17-11-20(33-8-6-25(2,34)7-9-33)21(35-24(29)30)12-19(17)32-14/h3-5,10-12,23-24,34H,6-9,13H2,1-2H3,(H,31,32). The summed E-state index contributed by atoms with van der Waals surface area (Å²) in [5.74, 6) is -1.01. The number of ether oxygens (including phenoxy) is 1. The smallest absolute Gasteiger partial charge is 0.387 e. The van der Waals surface area contributed by atoms with Crippen molar-refractivity contribution in [3.05, 3.63) is 59.0 Å². The lowest BCUT2D eigenvalue weighted by Gasteiger charge is -2.37. The number of nitrogens with zero attached hydrogens (tertiary/aromatic N) is 2. The summed E-state index contributed by atoms with van der Waals surface area (Å²) in [6.45, 7) is 1.22. The largest absolute Gasteiger partial charge is 0.433 e. The first-order chi connectivity index (χ1) is 16.5. The van der Waals surface area contributed by atoms with Crippen molar-refractivity contribution < 1.29 is 31.8 Å². The van der Waals surface area contributed by atoms with Crippen LogP contribution in [0.15, 0.2) is 36.4 Å². The molecule has 0 amide bonds. The van der Waals surface area contributed by atoms with Gasteiger partial charge in [-0.15, -0.1) is 0 Å². The molecule has 2 aromatic carbocycles. The molecule has 0 spiro atoms. The van der Waals surface area contributed by atoms with Gasteiger partial charge in [-0.05, 0) is 38.8 Å². The Morgan fingerprint density at radius 2 is 1.86 bits per heavy atom. The Hall–Kier alpha value is -3.14. The lowest BCUT2D eigenvalue weighted by molar-refractivity contribution is -0.0496. The van der Waals surface area contributed by atoms with Crippen molar-refractivity contribution in [2.75, 3.05) is 23.3 Å². The zero-order valence-corrected chi connectivity index (χ0v) is 19.3. The first-order valence-electron chi connectivity index (χ1n) is 11.2. The summed E-state index contributed by atoms with van der Waals surface area (Å²) < 4.78 is 71.8. The molecule has 0 radical (unpaired) electrons. The van der Waals surface area contributed by atoms with Gasteiger partial charge in [0.15, 0.2) is 5.75 Å². The average molecular weight is 495 g/mol. The van der Waals surface area contributed by atoms with Crippen LogP contribution in [-0.2, 0) is 6.54 Å². The number of halogens is 5. The molecule has 0 unspecified atom stereocenters. The predicted molar refractivity (Wildman–Crippen MR) is 124 cm³/mol. The minimum absolute atomic E-state index is 0.0335. The highest BCUT2D eigenvalue weighted by Gasteiger charge is 2.29. The van der Waals surface area contributed by atoms with E-state index in [-0.39, 0.29) is 17.9 Å². The predicted octanol–water partition coefficient (Wildman–Crippen LogP) is 6.18. The molecule has 0 aliphatic carbocycles. The first-order valence-corrected chi connectivity index (χ1v) is 11.2. The molecule has 5 nitrogen and oxygen atoms in total. The van der Waals surface area contributed by atoms with Crippen LogP contribution in [0.3, 0.4) is 0 Å². The molecule has 4 rings (SSSR count). The lowest BCUT2D eigenvalue weighted by Crippen LogP contribution is -2.42. The molecule has 2 heterocycles. The molecule has 1 aliphatic rings. The SMILES string of the molecule is Cc1cc(NCc2cccc(C(F)F)c2F)c2cc(N3CCC(C)(O)CC3)c(OC(F)F)cc2n1. The minimum atomic E-state index is -3.04. The van der Waals surface area contributed by atoms with E-state index in [1.165, 1.54) is 18.2 Å². The van der Waals surface area contributed by atoms with Gasteiger partial charge in [-0.2, -0.15) is 8.78 Å². The van der Waals surface area contributed by atoms with Crippen LogP contribution in [0.4, 0.5) is 33.3 Å². The number of piperidine rings is 1. The number of aryl methyl sites for hydroxylation is 1. The molecule has 0 bridgehead atoms. The van der Waals surface area contributed by atoms with Gasteiger partial charge in [-0.25, -0.2) is 13.2 Å². The summed E-state index contributed by atoms with van der Waals surface area (Å²) in [5, 5.41) is 13.9. The van der Waals surface area contributed by atoms with Gasteiger partial charge < -0.3 is 20.1 Å². The summed E-state index contributed by atoms with van der Waals surface area (Å²) in [7, 11) is 0. The molecular weight excluding hydrogens is 469 g/mol. The van der Waals surface area contributed by atoms with Crippen molar-refractivity contribution in [3.8, 4) is 5.75 Å². The van der Waals surface area contributed by atoms with Crippen LogP contribution in [0.25, 0.3) is 10.9 Å². The van der Waals surface area contributed by atoms with E-state index in [0.29, 0.717) is 53.9 Å². The highest BCUT2D eigenvalue weighted by Crippen LogP contribution is 2.39. The summed E-state index contributed by atoms with van der Waals surface area (Å²) >= 11 is 0. The minimum Gasteiger partial charge on any atom is -0.433 e. The van der Waals surface area contributed by atoms with Gasteiger partial charge in [0.25, 0.3) is 6.43 Å². The third-order valence-corrected chi connectivity index (χ3v) is 6.23. The molecule has 35 heavy (non-hydrogen) atoms. The number of aromatic nitrogens is 1.